The molecule has 0 unspecified atom stereocenters. The average molecular weight is 405 g/mol. The molecule has 0 aliphatic rings. The molecule has 7 heteroatoms. The summed E-state index contributed by atoms with van der Waals surface area (Å²) < 4.78 is 12.3. The smallest absolute Gasteiger partial charge is 0.275 e. The van der Waals surface area contributed by atoms with Gasteiger partial charge in [-0.2, -0.15) is 5.10 Å². The van der Waals surface area contributed by atoms with E-state index in [0.29, 0.717) is 46.7 Å². The predicted octanol–water partition coefficient (Wildman–Crippen LogP) is 2.76. The van der Waals surface area contributed by atoms with Crippen LogP contribution in [0.5, 0.6) is 11.5 Å². The van der Waals surface area contributed by atoms with Crippen molar-refractivity contribution >= 4 is 16.7 Å². The van der Waals surface area contributed by atoms with E-state index in [9.17, 15) is 9.59 Å². The van der Waals surface area contributed by atoms with Crippen LogP contribution in [0.2, 0.25) is 0 Å². The minimum absolute atomic E-state index is 0.0568. The number of carbonyl (C=O) groups is 1. The summed E-state index contributed by atoms with van der Waals surface area (Å²) >= 11 is 0. The second-order valence-electron chi connectivity index (χ2n) is 6.37. The summed E-state index contributed by atoms with van der Waals surface area (Å²) in [7, 11) is 0. The molecule has 30 heavy (non-hydrogen) atoms. The predicted molar refractivity (Wildman–Crippen MR) is 115 cm³/mol. The molecule has 3 rings (SSSR count). The molecule has 1 N–H and O–H groups in total. The number of rotatable bonds is 8. The summed E-state index contributed by atoms with van der Waals surface area (Å²) in [6, 6.07) is 12.2. The first-order valence-electron chi connectivity index (χ1n) is 9.69. The highest BCUT2D eigenvalue weighted by atomic mass is 16.5. The summed E-state index contributed by atoms with van der Waals surface area (Å²) in [6.07, 6.45) is 5.35. The maximum atomic E-state index is 12.7. The summed E-state index contributed by atoms with van der Waals surface area (Å²) in [4.78, 5) is 25.2. The molecule has 1 amide bonds. The zero-order valence-corrected chi connectivity index (χ0v) is 17.0. The second-order valence-corrected chi connectivity index (χ2v) is 6.37. The first-order chi connectivity index (χ1) is 14.6. The Morgan fingerprint density at radius 1 is 1.10 bits per heavy atom. The van der Waals surface area contributed by atoms with Gasteiger partial charge < -0.3 is 14.8 Å². The number of nitrogens with one attached hydrogen (secondary N) is 1. The fourth-order valence-corrected chi connectivity index (χ4v) is 3.09. The van der Waals surface area contributed by atoms with E-state index in [0.717, 1.165) is 0 Å². The fourth-order valence-electron chi connectivity index (χ4n) is 3.09. The zero-order chi connectivity index (χ0) is 21.5. The Kier molecular flexibility index (Phi) is 6.71. The standard InChI is InChI=1S/C23H23N3O4/c1-4-13-26-23(28)18-10-8-7-9-17(18)19(25-26)15-24-22(27)16-11-12-20(29-5-2)21(14-16)30-6-3/h1,7-12,14H,5-6,13,15H2,2-3H3,(H,24,27). The van der Waals surface area contributed by atoms with Crippen LogP contribution in [0.15, 0.2) is 47.3 Å². The van der Waals surface area contributed by atoms with Crippen LogP contribution in [0.4, 0.5) is 0 Å². The number of ether oxygens (including phenoxy) is 2. The number of fused-ring (bicyclic) bond motifs is 1. The molecule has 0 aliphatic carbocycles. The molecule has 7 nitrogen and oxygen atoms in total. The van der Waals surface area contributed by atoms with Gasteiger partial charge in [-0.3, -0.25) is 9.59 Å². The molecule has 0 saturated carbocycles. The normalized spacial score (nSPS) is 10.4. The summed E-state index contributed by atoms with van der Waals surface area (Å²) in [5.74, 6) is 3.24. The Morgan fingerprint density at radius 3 is 2.50 bits per heavy atom. The first kappa shape index (κ1) is 20.9. The molecule has 154 valence electrons. The Hall–Kier alpha value is -3.79. The third kappa shape index (κ3) is 4.44. The lowest BCUT2D eigenvalue weighted by molar-refractivity contribution is 0.0950. The van der Waals surface area contributed by atoms with E-state index in [1.165, 1.54) is 4.68 Å². The highest BCUT2D eigenvalue weighted by Gasteiger charge is 2.14. The molecule has 3 aromatic rings. The maximum absolute atomic E-state index is 12.7. The molecule has 0 saturated heterocycles. The van der Waals surface area contributed by atoms with E-state index in [4.69, 9.17) is 15.9 Å². The van der Waals surface area contributed by atoms with Crippen LogP contribution in [0.1, 0.15) is 29.9 Å². The molecule has 0 spiro atoms. The van der Waals surface area contributed by atoms with Crippen LogP contribution in [0.25, 0.3) is 10.8 Å². The van der Waals surface area contributed by atoms with Gasteiger partial charge >= 0.3 is 0 Å². The van der Waals surface area contributed by atoms with Gasteiger partial charge in [0.2, 0.25) is 0 Å². The van der Waals surface area contributed by atoms with Crippen LogP contribution in [-0.2, 0) is 13.1 Å². The number of hydrogen-bond acceptors (Lipinski definition) is 5. The summed E-state index contributed by atoms with van der Waals surface area (Å²) in [6.45, 7) is 4.90. The van der Waals surface area contributed by atoms with E-state index in [1.54, 1.807) is 36.4 Å². The van der Waals surface area contributed by atoms with Crippen molar-refractivity contribution in [2.45, 2.75) is 26.9 Å². The average Bonchev–Trinajstić information content (AvgIpc) is 2.76. The Balaban J connectivity index is 1.87. The van der Waals surface area contributed by atoms with Gasteiger partial charge in [0.15, 0.2) is 11.5 Å². The molecule has 2 aromatic carbocycles. The Bertz CT molecular complexity index is 1160. The van der Waals surface area contributed by atoms with Gasteiger partial charge in [0.05, 0.1) is 30.8 Å². The third-order valence-electron chi connectivity index (χ3n) is 4.41. The van der Waals surface area contributed by atoms with Gasteiger partial charge in [0, 0.05) is 10.9 Å². The maximum Gasteiger partial charge on any atom is 0.275 e. The van der Waals surface area contributed by atoms with E-state index in [-0.39, 0.29) is 24.6 Å². The van der Waals surface area contributed by atoms with Gasteiger partial charge in [0.25, 0.3) is 11.5 Å². The van der Waals surface area contributed by atoms with Crippen LogP contribution < -0.4 is 20.3 Å². The highest BCUT2D eigenvalue weighted by molar-refractivity contribution is 5.95. The molecular weight excluding hydrogens is 382 g/mol. The summed E-state index contributed by atoms with van der Waals surface area (Å²) in [5, 5.41) is 8.38. The topological polar surface area (TPSA) is 82.5 Å². The number of hydrogen-bond donors (Lipinski definition) is 1. The number of amides is 1. The minimum atomic E-state index is -0.292. The number of benzene rings is 2. The lowest BCUT2D eigenvalue weighted by Gasteiger charge is -2.13. The van der Waals surface area contributed by atoms with E-state index >= 15 is 0 Å². The molecule has 0 atom stereocenters. The van der Waals surface area contributed by atoms with Crippen molar-refractivity contribution in [2.75, 3.05) is 13.2 Å². The van der Waals surface area contributed by atoms with Crippen molar-refractivity contribution in [1.29, 1.82) is 0 Å². The van der Waals surface area contributed by atoms with Crippen molar-refractivity contribution in [3.8, 4) is 23.8 Å². The van der Waals surface area contributed by atoms with E-state index in [2.05, 4.69) is 16.3 Å². The number of terminal acetylenes is 1. The van der Waals surface area contributed by atoms with Crippen LogP contribution in [-0.4, -0.2) is 28.9 Å². The monoisotopic (exact) mass is 405 g/mol. The summed E-state index contributed by atoms with van der Waals surface area (Å²) in [5.41, 5.74) is 0.736. The van der Waals surface area contributed by atoms with Crippen molar-refractivity contribution < 1.29 is 14.3 Å². The molecular formula is C23H23N3O4. The highest BCUT2D eigenvalue weighted by Crippen LogP contribution is 2.28. The Morgan fingerprint density at radius 2 is 1.80 bits per heavy atom. The molecule has 0 bridgehead atoms. The number of carbonyl (C=O) groups excluding carboxylic acids is 1. The quantitative estimate of drug-likeness (QED) is 0.583. The van der Waals surface area contributed by atoms with Crippen LogP contribution >= 0.6 is 0 Å². The SMILES string of the molecule is C#CCn1nc(CNC(=O)c2ccc(OCC)c(OCC)c2)c2ccccc2c1=O. The number of nitrogens with zero attached hydrogens (tertiary/aromatic N) is 2. The van der Waals surface area contributed by atoms with Crippen LogP contribution in [0.3, 0.4) is 0 Å². The largest absolute Gasteiger partial charge is 0.490 e. The zero-order valence-electron chi connectivity index (χ0n) is 17.0. The van der Waals surface area contributed by atoms with Crippen LogP contribution in [0, 0.1) is 12.3 Å². The van der Waals surface area contributed by atoms with Gasteiger partial charge in [-0.15, -0.1) is 6.42 Å². The molecule has 0 aliphatic heterocycles. The molecule has 0 fully saturated rings. The van der Waals surface area contributed by atoms with Crippen molar-refractivity contribution in [2.24, 2.45) is 0 Å². The van der Waals surface area contributed by atoms with Gasteiger partial charge in [-0.05, 0) is 38.1 Å². The second kappa shape index (κ2) is 9.61. The van der Waals surface area contributed by atoms with E-state index < -0.39 is 0 Å². The Labute approximate surface area is 174 Å². The van der Waals surface area contributed by atoms with Crippen molar-refractivity contribution in [3.05, 3.63) is 64.1 Å². The minimum Gasteiger partial charge on any atom is -0.490 e. The molecule has 1 aromatic heterocycles. The van der Waals surface area contributed by atoms with Gasteiger partial charge in [-0.25, -0.2) is 4.68 Å². The number of aromatic nitrogens is 2. The van der Waals surface area contributed by atoms with Gasteiger partial charge in [0.1, 0.15) is 6.54 Å². The fraction of sp³-hybridized carbons (Fsp3) is 0.261. The molecule has 0 radical (unpaired) electrons. The first-order valence-corrected chi connectivity index (χ1v) is 9.69. The van der Waals surface area contributed by atoms with Crippen molar-refractivity contribution in [3.63, 3.8) is 0 Å². The lowest BCUT2D eigenvalue weighted by atomic mass is 10.1. The lowest BCUT2D eigenvalue weighted by Crippen LogP contribution is -2.28. The van der Waals surface area contributed by atoms with Crippen molar-refractivity contribution in [1.82, 2.24) is 15.1 Å². The third-order valence-corrected chi connectivity index (χ3v) is 4.41. The van der Waals surface area contributed by atoms with E-state index in [1.807, 2.05) is 19.9 Å². The van der Waals surface area contributed by atoms with Gasteiger partial charge in [-0.1, -0.05) is 24.1 Å². The molecule has 1 heterocycles.